The van der Waals surface area contributed by atoms with Crippen LogP contribution < -0.4 is 0 Å². The van der Waals surface area contributed by atoms with Crippen LogP contribution in [-0.4, -0.2) is 12.7 Å². The number of allylic oxidation sites excluding steroid dienone is 3. The Balaban J connectivity index is 1.56. The van der Waals surface area contributed by atoms with Crippen molar-refractivity contribution in [3.8, 4) is 0 Å². The fourth-order valence-electron chi connectivity index (χ4n) is 4.90. The number of unbranched alkanes of at least 4 members (excludes halogenated alkanes) is 2. The standard InChI is InChI=1S/C24H42O/c1-3-5-7-8-10-20-25-24-18-16-23(17-19-24)22-14-12-21(13-15-22)11-9-6-4-2/h5,7-8,10,21-24H,3-4,6,9,11-20H2,1-2H3/b7-5+,10-8+. The van der Waals surface area contributed by atoms with Crippen molar-refractivity contribution in [2.45, 2.75) is 103 Å². The number of ether oxygens (including phenoxy) is 1. The molecule has 0 aromatic rings. The van der Waals surface area contributed by atoms with Crippen LogP contribution in [0.25, 0.3) is 0 Å². The minimum Gasteiger partial charge on any atom is -0.374 e. The van der Waals surface area contributed by atoms with Gasteiger partial charge in [-0.05, 0) is 62.7 Å². The van der Waals surface area contributed by atoms with E-state index in [2.05, 4.69) is 38.2 Å². The summed E-state index contributed by atoms with van der Waals surface area (Å²) in [5.74, 6) is 3.08. The highest BCUT2D eigenvalue weighted by atomic mass is 16.5. The van der Waals surface area contributed by atoms with Crippen molar-refractivity contribution in [3.05, 3.63) is 24.3 Å². The van der Waals surface area contributed by atoms with Crippen molar-refractivity contribution < 1.29 is 4.74 Å². The average molecular weight is 347 g/mol. The number of hydrogen-bond acceptors (Lipinski definition) is 1. The third-order valence-corrected chi connectivity index (χ3v) is 6.54. The van der Waals surface area contributed by atoms with Gasteiger partial charge in [0.1, 0.15) is 0 Å². The predicted octanol–water partition coefficient (Wildman–Crippen LogP) is 7.47. The average Bonchev–Trinajstić information content (AvgIpc) is 2.66. The Morgan fingerprint density at radius 3 is 2.04 bits per heavy atom. The van der Waals surface area contributed by atoms with Crippen molar-refractivity contribution >= 4 is 0 Å². The lowest BCUT2D eigenvalue weighted by Gasteiger charge is -2.37. The van der Waals surface area contributed by atoms with Gasteiger partial charge < -0.3 is 4.74 Å². The molecule has 2 aliphatic carbocycles. The van der Waals surface area contributed by atoms with Crippen LogP contribution in [-0.2, 0) is 4.74 Å². The van der Waals surface area contributed by atoms with Gasteiger partial charge in [0.25, 0.3) is 0 Å². The maximum Gasteiger partial charge on any atom is 0.0654 e. The molecule has 2 saturated carbocycles. The maximum absolute atomic E-state index is 6.05. The first-order valence-electron chi connectivity index (χ1n) is 11.3. The Morgan fingerprint density at radius 2 is 1.40 bits per heavy atom. The van der Waals surface area contributed by atoms with Crippen LogP contribution in [0.5, 0.6) is 0 Å². The molecular formula is C24H42O. The van der Waals surface area contributed by atoms with Crippen molar-refractivity contribution in [1.29, 1.82) is 0 Å². The van der Waals surface area contributed by atoms with Gasteiger partial charge in [0, 0.05) is 0 Å². The lowest BCUT2D eigenvalue weighted by Crippen LogP contribution is -2.28. The largest absolute Gasteiger partial charge is 0.374 e. The van der Waals surface area contributed by atoms with Crippen LogP contribution in [0.3, 0.4) is 0 Å². The zero-order valence-electron chi connectivity index (χ0n) is 16.9. The summed E-state index contributed by atoms with van der Waals surface area (Å²) in [6.45, 7) is 5.27. The summed E-state index contributed by atoms with van der Waals surface area (Å²) in [6.07, 6.45) is 27.4. The predicted molar refractivity (Wildman–Crippen MR) is 110 cm³/mol. The molecule has 0 saturated heterocycles. The van der Waals surface area contributed by atoms with Crippen molar-refractivity contribution in [3.63, 3.8) is 0 Å². The molecule has 0 radical (unpaired) electrons. The zero-order valence-corrected chi connectivity index (χ0v) is 16.9. The van der Waals surface area contributed by atoms with Gasteiger partial charge in [0.05, 0.1) is 12.7 Å². The Morgan fingerprint density at radius 1 is 0.760 bits per heavy atom. The Hall–Kier alpha value is -0.560. The van der Waals surface area contributed by atoms with E-state index < -0.39 is 0 Å². The molecule has 0 heterocycles. The fourth-order valence-corrected chi connectivity index (χ4v) is 4.90. The molecule has 0 N–H and O–H groups in total. The second kappa shape index (κ2) is 12.7. The summed E-state index contributed by atoms with van der Waals surface area (Å²) >= 11 is 0. The lowest BCUT2D eigenvalue weighted by molar-refractivity contribution is 0.0210. The van der Waals surface area contributed by atoms with Gasteiger partial charge in [0.15, 0.2) is 0 Å². The molecular weight excluding hydrogens is 304 g/mol. The summed E-state index contributed by atoms with van der Waals surface area (Å²) < 4.78 is 6.05. The molecule has 1 nitrogen and oxygen atoms in total. The van der Waals surface area contributed by atoms with E-state index in [0.717, 1.165) is 30.8 Å². The van der Waals surface area contributed by atoms with E-state index in [1.807, 2.05) is 0 Å². The summed E-state index contributed by atoms with van der Waals surface area (Å²) in [6, 6.07) is 0. The molecule has 2 rings (SSSR count). The van der Waals surface area contributed by atoms with Crippen molar-refractivity contribution in [1.82, 2.24) is 0 Å². The van der Waals surface area contributed by atoms with E-state index in [1.54, 1.807) is 0 Å². The molecule has 0 bridgehead atoms. The Kier molecular flexibility index (Phi) is 10.6. The summed E-state index contributed by atoms with van der Waals surface area (Å²) in [5.41, 5.74) is 0. The molecule has 144 valence electrons. The molecule has 0 atom stereocenters. The zero-order chi connectivity index (χ0) is 17.7. The first-order valence-corrected chi connectivity index (χ1v) is 11.3. The highest BCUT2D eigenvalue weighted by Gasteiger charge is 2.30. The van der Waals surface area contributed by atoms with E-state index in [0.29, 0.717) is 6.10 Å². The normalized spacial score (nSPS) is 31.1. The van der Waals surface area contributed by atoms with Crippen molar-refractivity contribution in [2.24, 2.45) is 17.8 Å². The van der Waals surface area contributed by atoms with Crippen LogP contribution in [0, 0.1) is 17.8 Å². The summed E-state index contributed by atoms with van der Waals surface area (Å²) in [5, 5.41) is 0. The molecule has 0 spiro atoms. The fraction of sp³-hybridized carbons (Fsp3) is 0.833. The molecule has 2 fully saturated rings. The second-order valence-electron chi connectivity index (χ2n) is 8.41. The van der Waals surface area contributed by atoms with Gasteiger partial charge in [0.2, 0.25) is 0 Å². The van der Waals surface area contributed by atoms with Crippen molar-refractivity contribution in [2.75, 3.05) is 6.61 Å². The van der Waals surface area contributed by atoms with E-state index >= 15 is 0 Å². The smallest absolute Gasteiger partial charge is 0.0654 e. The summed E-state index contributed by atoms with van der Waals surface area (Å²) in [4.78, 5) is 0. The molecule has 0 aliphatic heterocycles. The molecule has 2 aliphatic rings. The topological polar surface area (TPSA) is 9.23 Å². The van der Waals surface area contributed by atoms with Crippen LogP contribution in [0.4, 0.5) is 0 Å². The summed E-state index contributed by atoms with van der Waals surface area (Å²) in [7, 11) is 0. The SMILES string of the molecule is CC/C=C/C=C/COC1CCC(C2CCC(CCCCC)CC2)CC1. The molecule has 0 aromatic heterocycles. The van der Waals surface area contributed by atoms with Gasteiger partial charge >= 0.3 is 0 Å². The van der Waals surface area contributed by atoms with Crippen LogP contribution in [0.2, 0.25) is 0 Å². The molecule has 0 unspecified atom stereocenters. The molecule has 25 heavy (non-hydrogen) atoms. The van der Waals surface area contributed by atoms with Crippen LogP contribution >= 0.6 is 0 Å². The minimum atomic E-state index is 0.515. The van der Waals surface area contributed by atoms with E-state index in [9.17, 15) is 0 Å². The number of hydrogen-bond donors (Lipinski definition) is 0. The van der Waals surface area contributed by atoms with E-state index in [-0.39, 0.29) is 0 Å². The third kappa shape index (κ3) is 8.11. The maximum atomic E-state index is 6.05. The highest BCUT2D eigenvalue weighted by Crippen LogP contribution is 2.41. The first-order chi connectivity index (χ1) is 12.3. The third-order valence-electron chi connectivity index (χ3n) is 6.54. The van der Waals surface area contributed by atoms with Gasteiger partial charge in [-0.25, -0.2) is 0 Å². The first kappa shape index (κ1) is 20.7. The molecule has 0 aromatic carbocycles. The number of rotatable bonds is 10. The molecule has 0 amide bonds. The second-order valence-corrected chi connectivity index (χ2v) is 8.41. The quantitative estimate of drug-likeness (QED) is 0.294. The van der Waals surface area contributed by atoms with Crippen LogP contribution in [0.15, 0.2) is 24.3 Å². The molecule has 1 heteroatoms. The monoisotopic (exact) mass is 346 g/mol. The lowest BCUT2D eigenvalue weighted by atomic mass is 9.70. The van der Waals surface area contributed by atoms with Gasteiger partial charge in [-0.3, -0.25) is 0 Å². The Labute approximate surface area is 157 Å². The minimum absolute atomic E-state index is 0.515. The Bertz CT molecular complexity index is 368. The van der Waals surface area contributed by atoms with Gasteiger partial charge in [-0.2, -0.15) is 0 Å². The van der Waals surface area contributed by atoms with Gasteiger partial charge in [-0.1, -0.05) is 76.7 Å². The van der Waals surface area contributed by atoms with Crippen LogP contribution in [0.1, 0.15) is 97.3 Å². The highest BCUT2D eigenvalue weighted by molar-refractivity contribution is 5.02. The van der Waals surface area contributed by atoms with Gasteiger partial charge in [-0.15, -0.1) is 0 Å². The van der Waals surface area contributed by atoms with E-state index in [4.69, 9.17) is 4.74 Å². The van der Waals surface area contributed by atoms with E-state index in [1.165, 1.54) is 77.0 Å².